The number of rotatable bonds is 10. The maximum absolute atomic E-state index is 12.8. The second kappa shape index (κ2) is 11.6. The standard InChI is InChI=1S/C26H28O6/c1-4-32-26(31)14-9-21(24(29)12-7-19-5-10-22(27)17(2)15-19)25(30)13-8-20-6-11-23(28)18(3)16-20/h5-8,10-13,15-16,21,27-28H,4,9,14H2,1-3H3. The quantitative estimate of drug-likeness (QED) is 0.322. The highest BCUT2D eigenvalue weighted by atomic mass is 16.5. The summed E-state index contributed by atoms with van der Waals surface area (Å²) in [5.74, 6) is -2.01. The minimum Gasteiger partial charge on any atom is -0.508 e. The molecule has 0 radical (unpaired) electrons. The Bertz CT molecular complexity index is 975. The van der Waals surface area contributed by atoms with Crippen molar-refractivity contribution >= 4 is 29.7 Å². The number of hydrogen-bond donors (Lipinski definition) is 2. The first-order chi connectivity index (χ1) is 15.2. The molecule has 0 atom stereocenters. The van der Waals surface area contributed by atoms with Gasteiger partial charge in [-0.2, -0.15) is 0 Å². The predicted octanol–water partition coefficient (Wildman–Crippen LogP) is 4.54. The van der Waals surface area contributed by atoms with Crippen LogP contribution >= 0.6 is 0 Å². The third kappa shape index (κ3) is 7.23. The molecule has 0 heterocycles. The zero-order chi connectivity index (χ0) is 23.7. The normalized spacial score (nSPS) is 12.2. The summed E-state index contributed by atoms with van der Waals surface area (Å²) in [6, 6.07) is 9.84. The zero-order valence-corrected chi connectivity index (χ0v) is 18.5. The first kappa shape index (κ1) is 24.6. The van der Waals surface area contributed by atoms with Crippen LogP contribution in [0.25, 0.3) is 12.2 Å². The number of ketones is 2. The Hall–Kier alpha value is -3.67. The van der Waals surface area contributed by atoms with E-state index in [-0.39, 0.29) is 30.9 Å². The number of carbonyl (C=O) groups excluding carboxylic acids is 3. The molecule has 0 aliphatic heterocycles. The fourth-order valence-corrected chi connectivity index (χ4v) is 3.07. The molecule has 6 nitrogen and oxygen atoms in total. The molecule has 0 saturated heterocycles. The smallest absolute Gasteiger partial charge is 0.305 e. The van der Waals surface area contributed by atoms with Crippen LogP contribution in [0.4, 0.5) is 0 Å². The van der Waals surface area contributed by atoms with Gasteiger partial charge >= 0.3 is 5.97 Å². The number of phenols is 2. The molecule has 0 aliphatic rings. The van der Waals surface area contributed by atoms with Gasteiger partial charge in [-0.05, 0) is 85.9 Å². The molecule has 0 unspecified atom stereocenters. The van der Waals surface area contributed by atoms with Crippen LogP contribution in [-0.2, 0) is 19.1 Å². The predicted molar refractivity (Wildman–Crippen MR) is 123 cm³/mol. The number of aromatic hydroxyl groups is 2. The Morgan fingerprint density at radius 1 is 0.875 bits per heavy atom. The van der Waals surface area contributed by atoms with Crippen LogP contribution in [0.3, 0.4) is 0 Å². The Morgan fingerprint density at radius 3 is 1.75 bits per heavy atom. The van der Waals surface area contributed by atoms with E-state index in [0.717, 1.165) is 0 Å². The first-order valence-corrected chi connectivity index (χ1v) is 10.4. The van der Waals surface area contributed by atoms with E-state index < -0.39 is 23.5 Å². The van der Waals surface area contributed by atoms with Gasteiger partial charge in [0.05, 0.1) is 12.5 Å². The van der Waals surface area contributed by atoms with Crippen molar-refractivity contribution in [2.24, 2.45) is 5.92 Å². The van der Waals surface area contributed by atoms with Crippen molar-refractivity contribution in [3.05, 3.63) is 70.8 Å². The summed E-state index contributed by atoms with van der Waals surface area (Å²) >= 11 is 0. The number of aryl methyl sites for hydroxylation is 2. The van der Waals surface area contributed by atoms with Crippen LogP contribution in [-0.4, -0.2) is 34.4 Å². The number of carbonyl (C=O) groups is 3. The largest absolute Gasteiger partial charge is 0.508 e. The summed E-state index contributed by atoms with van der Waals surface area (Å²) in [5.41, 5.74) is 2.75. The molecular formula is C26H28O6. The topological polar surface area (TPSA) is 101 Å². The third-order valence-electron chi connectivity index (χ3n) is 4.95. The van der Waals surface area contributed by atoms with E-state index in [1.807, 2.05) is 0 Å². The molecule has 0 spiro atoms. The molecule has 2 aromatic carbocycles. The molecule has 32 heavy (non-hydrogen) atoms. The van der Waals surface area contributed by atoms with Gasteiger partial charge in [0.25, 0.3) is 0 Å². The number of allylic oxidation sites excluding steroid dienone is 2. The van der Waals surface area contributed by atoms with Crippen LogP contribution in [0.2, 0.25) is 0 Å². The molecule has 0 saturated carbocycles. The minimum atomic E-state index is -1.02. The zero-order valence-electron chi connectivity index (χ0n) is 18.5. The highest BCUT2D eigenvalue weighted by molar-refractivity contribution is 6.13. The lowest BCUT2D eigenvalue weighted by Gasteiger charge is -2.11. The Kier molecular flexibility index (Phi) is 8.95. The van der Waals surface area contributed by atoms with E-state index in [9.17, 15) is 24.6 Å². The average molecular weight is 437 g/mol. The van der Waals surface area contributed by atoms with Gasteiger partial charge in [-0.15, -0.1) is 0 Å². The lowest BCUT2D eigenvalue weighted by molar-refractivity contribution is -0.143. The number of phenolic OH excluding ortho intramolecular Hbond substituents is 2. The van der Waals surface area contributed by atoms with Crippen LogP contribution in [0.15, 0.2) is 48.6 Å². The van der Waals surface area contributed by atoms with Crippen LogP contribution in [0, 0.1) is 19.8 Å². The Labute approximate surface area is 187 Å². The molecule has 0 fully saturated rings. The molecule has 168 valence electrons. The number of esters is 1. The molecule has 2 rings (SSSR count). The fraction of sp³-hybridized carbons (Fsp3) is 0.269. The molecule has 0 aromatic heterocycles. The summed E-state index contributed by atoms with van der Waals surface area (Å²) in [6.45, 7) is 5.41. The van der Waals surface area contributed by atoms with E-state index in [4.69, 9.17) is 4.74 Å². The second-order valence-electron chi connectivity index (χ2n) is 7.46. The van der Waals surface area contributed by atoms with Crippen molar-refractivity contribution in [3.63, 3.8) is 0 Å². The number of hydrogen-bond acceptors (Lipinski definition) is 6. The van der Waals surface area contributed by atoms with Crippen molar-refractivity contribution < 1.29 is 29.3 Å². The molecule has 6 heteroatoms. The Balaban J connectivity index is 2.19. The van der Waals surface area contributed by atoms with Gasteiger partial charge in [-0.1, -0.05) is 24.3 Å². The highest BCUT2D eigenvalue weighted by Crippen LogP contribution is 2.20. The molecule has 2 aromatic rings. The van der Waals surface area contributed by atoms with E-state index >= 15 is 0 Å². The maximum atomic E-state index is 12.8. The number of ether oxygens (including phenoxy) is 1. The number of benzene rings is 2. The first-order valence-electron chi connectivity index (χ1n) is 10.4. The van der Waals surface area contributed by atoms with E-state index in [1.165, 1.54) is 24.3 Å². The molecule has 2 N–H and O–H groups in total. The second-order valence-corrected chi connectivity index (χ2v) is 7.46. The van der Waals surface area contributed by atoms with Crippen molar-refractivity contribution in [1.29, 1.82) is 0 Å². The molecule has 0 aliphatic carbocycles. The molecule has 0 amide bonds. The summed E-state index contributed by atoms with van der Waals surface area (Å²) in [4.78, 5) is 37.4. The van der Waals surface area contributed by atoms with Gasteiger partial charge in [0.2, 0.25) is 0 Å². The lowest BCUT2D eigenvalue weighted by atomic mass is 9.92. The summed E-state index contributed by atoms with van der Waals surface area (Å²) in [7, 11) is 0. The van der Waals surface area contributed by atoms with E-state index in [1.54, 1.807) is 57.2 Å². The molecule has 0 bridgehead atoms. The van der Waals surface area contributed by atoms with Gasteiger partial charge in [-0.25, -0.2) is 0 Å². The van der Waals surface area contributed by atoms with Gasteiger partial charge < -0.3 is 14.9 Å². The van der Waals surface area contributed by atoms with E-state index in [0.29, 0.717) is 22.3 Å². The Morgan fingerprint density at radius 2 is 1.34 bits per heavy atom. The third-order valence-corrected chi connectivity index (χ3v) is 4.95. The minimum absolute atomic E-state index is 0.0361. The van der Waals surface area contributed by atoms with Crippen LogP contribution in [0.1, 0.15) is 42.0 Å². The highest BCUT2D eigenvalue weighted by Gasteiger charge is 2.24. The van der Waals surface area contributed by atoms with Crippen molar-refractivity contribution in [2.75, 3.05) is 6.61 Å². The maximum Gasteiger partial charge on any atom is 0.305 e. The summed E-state index contributed by atoms with van der Waals surface area (Å²) in [5, 5.41) is 19.3. The fourth-order valence-electron chi connectivity index (χ4n) is 3.07. The van der Waals surface area contributed by atoms with Gasteiger partial charge in [0.1, 0.15) is 11.5 Å². The van der Waals surface area contributed by atoms with Gasteiger partial charge in [0, 0.05) is 6.42 Å². The van der Waals surface area contributed by atoms with E-state index in [2.05, 4.69) is 0 Å². The van der Waals surface area contributed by atoms with Crippen molar-refractivity contribution in [1.82, 2.24) is 0 Å². The SMILES string of the molecule is CCOC(=O)CCC(C(=O)C=Cc1ccc(O)c(C)c1)C(=O)C=Cc1ccc(O)c(C)c1. The van der Waals surface area contributed by atoms with Crippen molar-refractivity contribution in [2.45, 2.75) is 33.6 Å². The lowest BCUT2D eigenvalue weighted by Crippen LogP contribution is -2.22. The monoisotopic (exact) mass is 436 g/mol. The van der Waals surface area contributed by atoms with Gasteiger partial charge in [0.15, 0.2) is 11.6 Å². The summed E-state index contributed by atoms with van der Waals surface area (Å²) < 4.78 is 4.91. The van der Waals surface area contributed by atoms with Crippen LogP contribution in [0.5, 0.6) is 11.5 Å². The summed E-state index contributed by atoms with van der Waals surface area (Å²) in [6.07, 6.45) is 5.78. The molecular weight excluding hydrogens is 408 g/mol. The van der Waals surface area contributed by atoms with Crippen LogP contribution < -0.4 is 0 Å². The van der Waals surface area contributed by atoms with Crippen molar-refractivity contribution in [3.8, 4) is 11.5 Å². The van der Waals surface area contributed by atoms with Gasteiger partial charge in [-0.3, -0.25) is 14.4 Å². The average Bonchev–Trinajstić information content (AvgIpc) is 2.75.